The average Bonchev–Trinajstić information content (AvgIpc) is 3.96. The molecule has 2 unspecified atom stereocenters. The highest BCUT2D eigenvalue weighted by Gasteiger charge is 2.75. The lowest BCUT2D eigenvalue weighted by atomic mass is 9.64. The lowest BCUT2D eigenvalue weighted by molar-refractivity contribution is -0.299. The maximum absolute atomic E-state index is 15.0. The predicted octanol–water partition coefficient (Wildman–Crippen LogP) is 7.76. The highest BCUT2D eigenvalue weighted by atomic mass is 35.5. The molecule has 2 N–H and O–H groups in total. The molecule has 0 radical (unpaired) electrons. The maximum atomic E-state index is 15.0. The Morgan fingerprint density at radius 1 is 0.905 bits per heavy atom. The monoisotopic (exact) mass is 1060 g/mol. The summed E-state index contributed by atoms with van der Waals surface area (Å²) in [5, 5.41) is 10.2. The Kier molecular flexibility index (Phi) is 17.2. The first-order valence-electron chi connectivity index (χ1n) is 25.5. The van der Waals surface area contributed by atoms with Crippen molar-refractivity contribution in [1.29, 1.82) is 0 Å². The number of amides is 6. The molecule has 0 bridgehead atoms. The standard InChI is InChI=1S/C53H67ClF6N8O6/c1-31(2)22-40-47(71)67(6)43(24-35-23-37(54)19-20-39(35)33-15-13-32(14-16-33)36-26-61-65(4)27-36)48(72)64(3)21-11-9-7-8-10-12-41(45(69)62-40)66(5)49(73)44(34-17-18-34)63-46(70)42-25-38(55)28-68(42)50(74)51(53(58,59)60)29-52(56,57)30-51/h13-16,19-20,23,26-27,31,34,38,40-44H,7-12,17-18,21-22,24-25,28-30H2,1-6H3,(H,62,69)(H,63,70)/t38-,40?,41+,42+,43?,44+/m1/s1. The van der Waals surface area contributed by atoms with Crippen LogP contribution in [0.25, 0.3) is 22.3 Å². The van der Waals surface area contributed by atoms with Crippen molar-refractivity contribution in [3.05, 3.63) is 65.4 Å². The number of nitrogens with zero attached hydrogens (tertiary/aromatic N) is 6. The first kappa shape index (κ1) is 56.1. The van der Waals surface area contributed by atoms with Crippen LogP contribution < -0.4 is 10.6 Å². The van der Waals surface area contributed by atoms with Gasteiger partial charge in [-0.3, -0.25) is 33.4 Å². The van der Waals surface area contributed by atoms with Crippen LogP contribution in [0.15, 0.2) is 54.9 Å². The molecule has 1 aromatic heterocycles. The van der Waals surface area contributed by atoms with Crippen LogP contribution in [0.1, 0.15) is 96.5 Å². The Bertz CT molecular complexity index is 2550. The van der Waals surface area contributed by atoms with E-state index in [0.29, 0.717) is 54.1 Å². The van der Waals surface area contributed by atoms with E-state index in [2.05, 4.69) is 15.7 Å². The van der Waals surface area contributed by atoms with Gasteiger partial charge in [-0.05, 0) is 78.3 Å². The molecule has 4 aliphatic rings. The lowest BCUT2D eigenvalue weighted by Crippen LogP contribution is -2.65. The van der Waals surface area contributed by atoms with Gasteiger partial charge in [0.2, 0.25) is 35.4 Å². The SMILES string of the molecule is CC(C)CC1NC(=O)[C@@H](N(C)C(=O)[C@@H](NC(=O)[C@@H]2C[C@@H](F)CN2C(=O)C2(C(F)(F)F)CC(F)(F)C2)C2CC2)CCCCCCCN(C)C(=O)C(Cc2cc(Cl)ccc2-c2ccc(-c3cnn(C)c3)cc2)N(C)C1=O. The number of aryl methyl sites for hydroxylation is 1. The molecule has 3 aromatic rings. The van der Waals surface area contributed by atoms with Crippen molar-refractivity contribution in [3.63, 3.8) is 0 Å². The van der Waals surface area contributed by atoms with Crippen molar-refractivity contribution < 1.29 is 55.1 Å². The number of hydrogen-bond donors (Lipinski definition) is 2. The van der Waals surface area contributed by atoms with Crippen molar-refractivity contribution in [2.45, 2.75) is 146 Å². The van der Waals surface area contributed by atoms with E-state index in [1.807, 2.05) is 57.4 Å². The van der Waals surface area contributed by atoms with E-state index in [9.17, 15) is 55.1 Å². The van der Waals surface area contributed by atoms with Gasteiger partial charge in [-0.2, -0.15) is 18.3 Å². The zero-order chi connectivity index (χ0) is 54.0. The van der Waals surface area contributed by atoms with E-state index >= 15 is 0 Å². The van der Waals surface area contributed by atoms with Gasteiger partial charge in [0, 0.05) is 77.2 Å². The van der Waals surface area contributed by atoms with Gasteiger partial charge in [0.1, 0.15) is 36.4 Å². The molecule has 3 heterocycles. The third-order valence-corrected chi connectivity index (χ3v) is 15.4. The van der Waals surface area contributed by atoms with Crippen LogP contribution in [0, 0.1) is 17.3 Å². The molecule has 2 aliphatic heterocycles. The molecule has 2 saturated heterocycles. The maximum Gasteiger partial charge on any atom is 0.403 e. The van der Waals surface area contributed by atoms with Gasteiger partial charge in [-0.15, -0.1) is 0 Å². The number of hydrogen-bond acceptors (Lipinski definition) is 7. The van der Waals surface area contributed by atoms with E-state index in [-0.39, 0.29) is 31.1 Å². The number of aromatic nitrogens is 2. The summed E-state index contributed by atoms with van der Waals surface area (Å²) in [7, 11) is 6.45. The van der Waals surface area contributed by atoms with E-state index in [0.717, 1.165) is 35.1 Å². The number of nitrogens with one attached hydrogen (secondary N) is 2. The van der Waals surface area contributed by atoms with Crippen molar-refractivity contribution in [1.82, 2.24) is 40.0 Å². The number of carbonyl (C=O) groups excluding carboxylic acids is 6. The number of likely N-dealkylation sites (N-methyl/N-ethyl adjacent to an activating group) is 3. The Labute approximate surface area is 432 Å². The van der Waals surface area contributed by atoms with Gasteiger partial charge in [0.05, 0.1) is 12.7 Å². The molecule has 7 rings (SSSR count). The minimum atomic E-state index is -5.40. The highest BCUT2D eigenvalue weighted by Crippen LogP contribution is 2.61. The van der Waals surface area contributed by atoms with Crippen LogP contribution >= 0.6 is 11.6 Å². The minimum absolute atomic E-state index is 0.0695. The van der Waals surface area contributed by atoms with Crippen molar-refractivity contribution in [2.24, 2.45) is 24.3 Å². The van der Waals surface area contributed by atoms with Crippen molar-refractivity contribution in [2.75, 3.05) is 34.2 Å². The molecule has 2 saturated carbocycles. The molecule has 0 spiro atoms. The van der Waals surface area contributed by atoms with E-state index < -0.39 is 115 Å². The third kappa shape index (κ3) is 12.5. The molecule has 6 atom stereocenters. The highest BCUT2D eigenvalue weighted by molar-refractivity contribution is 6.30. The molecule has 2 aliphatic carbocycles. The molecular weight excluding hydrogens is 994 g/mol. The van der Waals surface area contributed by atoms with Gasteiger partial charge in [0.25, 0.3) is 5.92 Å². The van der Waals surface area contributed by atoms with Gasteiger partial charge in [-0.1, -0.05) is 81.5 Å². The first-order chi connectivity index (χ1) is 34.8. The molecule has 2 aromatic carbocycles. The number of rotatable bonds is 12. The molecular formula is C53H67ClF6N8O6. The summed E-state index contributed by atoms with van der Waals surface area (Å²) in [5.74, 6) is -9.58. The zero-order valence-corrected chi connectivity index (χ0v) is 43.5. The first-order valence-corrected chi connectivity index (χ1v) is 25.8. The quantitative estimate of drug-likeness (QED) is 0.176. The Morgan fingerprint density at radius 3 is 2.16 bits per heavy atom. The summed E-state index contributed by atoms with van der Waals surface area (Å²) in [6, 6.07) is 6.75. The Hall–Kier alpha value is -5.66. The fourth-order valence-electron chi connectivity index (χ4n) is 10.7. The molecule has 4 fully saturated rings. The Balaban J connectivity index is 1.13. The number of carbonyl (C=O) groups is 6. The zero-order valence-electron chi connectivity index (χ0n) is 42.7. The number of benzene rings is 2. The van der Waals surface area contributed by atoms with E-state index in [4.69, 9.17) is 11.6 Å². The fourth-order valence-corrected chi connectivity index (χ4v) is 10.9. The molecule has 14 nitrogen and oxygen atoms in total. The second-order valence-corrected chi connectivity index (χ2v) is 21.8. The summed E-state index contributed by atoms with van der Waals surface area (Å²) in [6.45, 7) is 3.23. The van der Waals surface area contributed by atoms with Crippen LogP contribution in [-0.4, -0.2) is 148 Å². The average molecular weight is 1060 g/mol. The van der Waals surface area contributed by atoms with E-state index in [1.165, 1.54) is 23.9 Å². The second-order valence-electron chi connectivity index (χ2n) is 21.3. The van der Waals surface area contributed by atoms with Gasteiger partial charge < -0.3 is 30.2 Å². The number of halogens is 7. The van der Waals surface area contributed by atoms with Gasteiger partial charge in [0.15, 0.2) is 5.41 Å². The van der Waals surface area contributed by atoms with Crippen LogP contribution in [-0.2, 0) is 42.2 Å². The van der Waals surface area contributed by atoms with Crippen molar-refractivity contribution in [3.8, 4) is 22.3 Å². The largest absolute Gasteiger partial charge is 0.403 e. The molecule has 6 amide bonds. The van der Waals surface area contributed by atoms with Crippen molar-refractivity contribution >= 4 is 47.0 Å². The normalized spacial score (nSPS) is 24.6. The topological polar surface area (TPSA) is 157 Å². The third-order valence-electron chi connectivity index (χ3n) is 15.1. The van der Waals surface area contributed by atoms with Gasteiger partial charge >= 0.3 is 6.18 Å². The van der Waals surface area contributed by atoms with Crippen LogP contribution in [0.4, 0.5) is 26.3 Å². The predicted molar refractivity (Wildman–Crippen MR) is 265 cm³/mol. The smallest absolute Gasteiger partial charge is 0.344 e. The van der Waals surface area contributed by atoms with Crippen LogP contribution in [0.3, 0.4) is 0 Å². The lowest BCUT2D eigenvalue weighted by Gasteiger charge is -2.48. The summed E-state index contributed by atoms with van der Waals surface area (Å²) in [5.41, 5.74) is 0.765. The van der Waals surface area contributed by atoms with E-state index in [1.54, 1.807) is 35.0 Å². The molecule has 21 heteroatoms. The molecule has 74 heavy (non-hydrogen) atoms. The second kappa shape index (κ2) is 22.7. The van der Waals surface area contributed by atoms with Crippen LogP contribution in [0.2, 0.25) is 5.02 Å². The molecule has 404 valence electrons. The van der Waals surface area contributed by atoms with Crippen LogP contribution in [0.5, 0.6) is 0 Å². The summed E-state index contributed by atoms with van der Waals surface area (Å²) < 4.78 is 87.4. The summed E-state index contributed by atoms with van der Waals surface area (Å²) >= 11 is 6.62. The van der Waals surface area contributed by atoms with Gasteiger partial charge in [-0.25, -0.2) is 13.2 Å². The number of alkyl halides is 6. The Morgan fingerprint density at radius 2 is 1.55 bits per heavy atom. The summed E-state index contributed by atoms with van der Waals surface area (Å²) in [4.78, 5) is 90.8. The summed E-state index contributed by atoms with van der Waals surface area (Å²) in [6.07, 6.45) is -3.51. The minimum Gasteiger partial charge on any atom is -0.344 e. The fraction of sp³-hybridized carbons (Fsp3) is 0.604. The number of likely N-dealkylation sites (tertiary alicyclic amines) is 1.